The smallest absolute Gasteiger partial charge is 0.107 e. The van der Waals surface area contributed by atoms with Crippen LogP contribution in [0.1, 0.15) is 52.4 Å². The Hall–Kier alpha value is -0.200. The van der Waals surface area contributed by atoms with Crippen LogP contribution in [0.4, 0.5) is 0 Å². The Balaban J connectivity index is 1.09. The maximum absolute atomic E-state index is 6.77. The van der Waals surface area contributed by atoms with E-state index in [9.17, 15) is 0 Å². The van der Waals surface area contributed by atoms with Crippen molar-refractivity contribution in [3.8, 4) is 0 Å². The van der Waals surface area contributed by atoms with Gasteiger partial charge in [-0.25, -0.2) is 0 Å². The Kier molecular flexibility index (Phi) is 4.35. The van der Waals surface area contributed by atoms with E-state index >= 15 is 0 Å². The molecule has 0 aromatic heterocycles. The van der Waals surface area contributed by atoms with Gasteiger partial charge < -0.3 is 23.7 Å². The van der Waals surface area contributed by atoms with Crippen LogP contribution in [-0.2, 0) is 23.7 Å². The van der Waals surface area contributed by atoms with Crippen LogP contribution in [0, 0.1) is 23.7 Å². The molecular formula is C22H34O5. The van der Waals surface area contributed by atoms with Crippen molar-refractivity contribution in [2.45, 2.75) is 101 Å². The topological polar surface area (TPSA) is 59.4 Å². The van der Waals surface area contributed by atoms with E-state index in [1.807, 2.05) is 0 Å². The van der Waals surface area contributed by atoms with Crippen molar-refractivity contribution < 1.29 is 23.7 Å². The van der Waals surface area contributed by atoms with Crippen molar-refractivity contribution >= 4 is 0 Å². The quantitative estimate of drug-likeness (QED) is 0.608. The molecule has 4 aliphatic heterocycles. The van der Waals surface area contributed by atoms with Gasteiger partial charge in [-0.15, -0.1) is 0 Å². The Bertz CT molecular complexity index is 513. The Morgan fingerprint density at radius 2 is 1.11 bits per heavy atom. The first kappa shape index (κ1) is 17.6. The number of hydrogen-bond acceptors (Lipinski definition) is 5. The van der Waals surface area contributed by atoms with Gasteiger partial charge in [0.1, 0.15) is 12.2 Å². The van der Waals surface area contributed by atoms with Gasteiger partial charge in [0.2, 0.25) is 0 Å². The van der Waals surface area contributed by atoms with E-state index in [1.165, 1.54) is 25.7 Å². The lowest BCUT2D eigenvalue weighted by Gasteiger charge is -2.33. The minimum atomic E-state index is 0.228. The van der Waals surface area contributed by atoms with Crippen LogP contribution in [-0.4, -0.2) is 62.0 Å². The first-order chi connectivity index (χ1) is 13.1. The van der Waals surface area contributed by atoms with E-state index in [4.69, 9.17) is 23.7 Å². The number of fused-ring (bicyclic) bond motifs is 2. The summed E-state index contributed by atoms with van der Waals surface area (Å²) in [6, 6.07) is 0. The van der Waals surface area contributed by atoms with Crippen molar-refractivity contribution in [2.24, 2.45) is 23.7 Å². The number of rotatable bonds is 8. The number of hydrogen-bond donors (Lipinski definition) is 0. The standard InChI is InChI=1S/C22H34O5/c1-11-3-15-17(25-15)5-13(11)7-19(21-9-23-21)27-20(22-10-24-22)8-14-6-18-16(26-18)4-12(14)2/h11-22H,3-10H2,1-2H3. The van der Waals surface area contributed by atoms with E-state index in [0.717, 1.165) is 37.9 Å². The lowest BCUT2D eigenvalue weighted by atomic mass is 9.76. The zero-order chi connectivity index (χ0) is 18.1. The third kappa shape index (κ3) is 3.83. The second-order valence-electron chi connectivity index (χ2n) is 10.3. The highest BCUT2D eigenvalue weighted by atomic mass is 16.6. The molecule has 0 N–H and O–H groups in total. The molecule has 0 aromatic rings. The minimum Gasteiger partial charge on any atom is -0.370 e. The summed E-state index contributed by atoms with van der Waals surface area (Å²) in [6.45, 7) is 6.52. The van der Waals surface area contributed by atoms with Crippen molar-refractivity contribution in [2.75, 3.05) is 13.2 Å². The largest absolute Gasteiger partial charge is 0.370 e. The van der Waals surface area contributed by atoms with Crippen LogP contribution in [0.25, 0.3) is 0 Å². The molecule has 6 fully saturated rings. The second kappa shape index (κ2) is 6.66. The fraction of sp³-hybridized carbons (Fsp3) is 1.00. The molecule has 4 heterocycles. The van der Waals surface area contributed by atoms with Gasteiger partial charge in [-0.2, -0.15) is 0 Å². The summed E-state index contributed by atoms with van der Waals surface area (Å²) in [5, 5.41) is 0. The van der Waals surface area contributed by atoms with E-state index in [-0.39, 0.29) is 12.2 Å². The first-order valence-corrected chi connectivity index (χ1v) is 11.3. The zero-order valence-corrected chi connectivity index (χ0v) is 16.6. The van der Waals surface area contributed by atoms with Crippen LogP contribution < -0.4 is 0 Å². The maximum atomic E-state index is 6.77. The molecule has 12 unspecified atom stereocenters. The SMILES string of the molecule is CC1CC2OC2CC1CC(OC(CC1CC2OC2CC1C)C1CO1)C1CO1. The minimum absolute atomic E-state index is 0.228. The molecule has 4 saturated heterocycles. The van der Waals surface area contributed by atoms with Gasteiger partial charge in [-0.05, 0) is 62.2 Å². The van der Waals surface area contributed by atoms with Gasteiger partial charge in [-0.3, -0.25) is 0 Å². The summed E-state index contributed by atoms with van der Waals surface area (Å²) in [5.41, 5.74) is 0. The fourth-order valence-electron chi connectivity index (χ4n) is 5.98. The van der Waals surface area contributed by atoms with Crippen molar-refractivity contribution in [1.82, 2.24) is 0 Å². The van der Waals surface area contributed by atoms with Gasteiger partial charge in [0.25, 0.3) is 0 Å². The predicted octanol–water partition coefficient (Wildman–Crippen LogP) is 2.95. The van der Waals surface area contributed by atoms with Crippen molar-refractivity contribution in [3.63, 3.8) is 0 Å². The Morgan fingerprint density at radius 1 is 0.704 bits per heavy atom. The molecule has 0 amide bonds. The lowest BCUT2D eigenvalue weighted by molar-refractivity contribution is -0.0659. The normalized spacial score (nSPS) is 54.4. The Morgan fingerprint density at radius 3 is 1.52 bits per heavy atom. The predicted molar refractivity (Wildman–Crippen MR) is 98.5 cm³/mol. The molecule has 27 heavy (non-hydrogen) atoms. The van der Waals surface area contributed by atoms with Crippen molar-refractivity contribution in [1.29, 1.82) is 0 Å². The van der Waals surface area contributed by atoms with Gasteiger partial charge >= 0.3 is 0 Å². The van der Waals surface area contributed by atoms with Gasteiger partial charge in [0.15, 0.2) is 0 Å². The van der Waals surface area contributed by atoms with E-state index in [2.05, 4.69) is 13.8 Å². The van der Waals surface area contributed by atoms with E-state index < -0.39 is 0 Å². The van der Waals surface area contributed by atoms with Crippen LogP contribution in [0.5, 0.6) is 0 Å². The zero-order valence-electron chi connectivity index (χ0n) is 16.6. The maximum Gasteiger partial charge on any atom is 0.107 e. The molecule has 5 nitrogen and oxygen atoms in total. The number of ether oxygens (including phenoxy) is 5. The lowest BCUT2D eigenvalue weighted by Crippen LogP contribution is -2.37. The Labute approximate surface area is 162 Å². The molecule has 6 rings (SSSR count). The molecule has 12 atom stereocenters. The van der Waals surface area contributed by atoms with Crippen LogP contribution in [0.3, 0.4) is 0 Å². The summed E-state index contributed by atoms with van der Waals surface area (Å²) in [4.78, 5) is 0. The van der Waals surface area contributed by atoms with Crippen molar-refractivity contribution in [3.05, 3.63) is 0 Å². The van der Waals surface area contributed by atoms with Crippen LogP contribution >= 0.6 is 0 Å². The first-order valence-electron chi connectivity index (χ1n) is 11.3. The summed E-state index contributed by atoms with van der Waals surface area (Å²) < 4.78 is 29.7. The van der Waals surface area contributed by atoms with Gasteiger partial charge in [0, 0.05) is 0 Å². The highest BCUT2D eigenvalue weighted by molar-refractivity contribution is 4.99. The van der Waals surface area contributed by atoms with E-state index in [0.29, 0.717) is 48.5 Å². The molecular weight excluding hydrogens is 344 g/mol. The summed E-state index contributed by atoms with van der Waals surface area (Å²) in [5.74, 6) is 2.88. The highest BCUT2D eigenvalue weighted by Crippen LogP contribution is 2.47. The summed E-state index contributed by atoms with van der Waals surface area (Å²) >= 11 is 0. The third-order valence-electron chi connectivity index (χ3n) is 8.23. The van der Waals surface area contributed by atoms with Crippen LogP contribution in [0.2, 0.25) is 0 Å². The summed E-state index contributed by atoms with van der Waals surface area (Å²) in [6.07, 6.45) is 10.4. The monoisotopic (exact) mass is 378 g/mol. The van der Waals surface area contributed by atoms with Gasteiger partial charge in [-0.1, -0.05) is 13.8 Å². The molecule has 0 radical (unpaired) electrons. The summed E-state index contributed by atoms with van der Waals surface area (Å²) in [7, 11) is 0. The molecule has 2 aliphatic carbocycles. The van der Waals surface area contributed by atoms with Crippen LogP contribution in [0.15, 0.2) is 0 Å². The average Bonchev–Trinajstić information content (AvgIpc) is 3.48. The van der Waals surface area contributed by atoms with Gasteiger partial charge in [0.05, 0.1) is 49.8 Å². The average molecular weight is 379 g/mol. The molecule has 152 valence electrons. The highest BCUT2D eigenvalue weighted by Gasteiger charge is 2.51. The molecule has 2 saturated carbocycles. The second-order valence-corrected chi connectivity index (χ2v) is 10.3. The fourth-order valence-corrected chi connectivity index (χ4v) is 5.98. The molecule has 5 heteroatoms. The van der Waals surface area contributed by atoms with E-state index in [1.54, 1.807) is 0 Å². The molecule has 0 spiro atoms. The molecule has 6 aliphatic rings. The molecule has 0 aromatic carbocycles. The number of epoxide rings is 4. The molecule has 0 bridgehead atoms. The third-order valence-corrected chi connectivity index (χ3v) is 8.23.